The summed E-state index contributed by atoms with van der Waals surface area (Å²) in [4.78, 5) is 12.4. The molecule has 0 atom stereocenters. The van der Waals surface area contributed by atoms with Crippen LogP contribution in [0.5, 0.6) is 11.5 Å². The molecule has 2 aromatic carbocycles. The summed E-state index contributed by atoms with van der Waals surface area (Å²) in [5.74, 6) is 0.860. The molecule has 0 radical (unpaired) electrons. The predicted molar refractivity (Wildman–Crippen MR) is 92.8 cm³/mol. The number of ether oxygens (including phenoxy) is 2. The molecule has 5 heteroatoms. The number of anilines is 1. The monoisotopic (exact) mass is 331 g/mol. The summed E-state index contributed by atoms with van der Waals surface area (Å²) in [5, 5.41) is 3.41. The molecule has 0 aliphatic rings. The van der Waals surface area contributed by atoms with E-state index in [1.165, 1.54) is 7.11 Å². The van der Waals surface area contributed by atoms with Crippen LogP contribution in [0.15, 0.2) is 49.1 Å². The minimum absolute atomic E-state index is 0.255. The van der Waals surface area contributed by atoms with Gasteiger partial charge in [0.15, 0.2) is 0 Å². The fourth-order valence-corrected chi connectivity index (χ4v) is 2.16. The first-order chi connectivity index (χ1) is 11.0. The van der Waals surface area contributed by atoms with Gasteiger partial charge < -0.3 is 14.8 Å². The third kappa shape index (κ3) is 4.27. The van der Waals surface area contributed by atoms with Crippen LogP contribution in [0.4, 0.5) is 5.69 Å². The fourth-order valence-electron chi connectivity index (χ4n) is 2.01. The molecule has 0 spiro atoms. The van der Waals surface area contributed by atoms with Crippen LogP contribution in [0.25, 0.3) is 0 Å². The highest BCUT2D eigenvalue weighted by molar-refractivity contribution is 6.31. The molecule has 0 saturated heterocycles. The van der Waals surface area contributed by atoms with E-state index >= 15 is 0 Å². The van der Waals surface area contributed by atoms with E-state index in [-0.39, 0.29) is 5.91 Å². The van der Waals surface area contributed by atoms with Gasteiger partial charge in [0.1, 0.15) is 18.1 Å². The zero-order valence-electron chi connectivity index (χ0n) is 13.1. The summed E-state index contributed by atoms with van der Waals surface area (Å²) in [5.41, 5.74) is 1.91. The van der Waals surface area contributed by atoms with Gasteiger partial charge in [-0.25, -0.2) is 0 Å². The lowest BCUT2D eigenvalue weighted by Crippen LogP contribution is -2.13. The first-order valence-electron chi connectivity index (χ1n) is 7.04. The van der Waals surface area contributed by atoms with E-state index in [2.05, 4.69) is 11.9 Å². The van der Waals surface area contributed by atoms with Crippen LogP contribution in [0.2, 0.25) is 5.02 Å². The van der Waals surface area contributed by atoms with Crippen molar-refractivity contribution in [2.75, 3.05) is 19.0 Å². The molecule has 0 bridgehead atoms. The largest absolute Gasteiger partial charge is 0.495 e. The zero-order chi connectivity index (χ0) is 16.8. The van der Waals surface area contributed by atoms with Gasteiger partial charge in [0.25, 0.3) is 5.91 Å². The molecule has 0 saturated carbocycles. The maximum Gasteiger partial charge on any atom is 0.255 e. The third-order valence-corrected chi connectivity index (χ3v) is 3.60. The number of nitrogens with one attached hydrogen (secondary N) is 1. The van der Waals surface area contributed by atoms with Crippen molar-refractivity contribution in [3.63, 3.8) is 0 Å². The summed E-state index contributed by atoms with van der Waals surface area (Å²) in [6.45, 7) is 5.84. The van der Waals surface area contributed by atoms with Gasteiger partial charge in [-0.05, 0) is 36.8 Å². The number of amides is 1. The smallest absolute Gasteiger partial charge is 0.255 e. The van der Waals surface area contributed by atoms with Crippen LogP contribution in [0.1, 0.15) is 15.9 Å². The molecule has 0 aliphatic heterocycles. The Bertz CT molecular complexity index is 728. The van der Waals surface area contributed by atoms with Crippen molar-refractivity contribution in [2.45, 2.75) is 6.92 Å². The number of benzene rings is 2. The van der Waals surface area contributed by atoms with Crippen LogP contribution >= 0.6 is 11.6 Å². The fraction of sp³-hybridized carbons (Fsp3) is 0.167. The van der Waals surface area contributed by atoms with Crippen molar-refractivity contribution in [3.05, 3.63) is 65.2 Å². The van der Waals surface area contributed by atoms with Crippen molar-refractivity contribution in [3.8, 4) is 11.5 Å². The van der Waals surface area contributed by atoms with Gasteiger partial charge in [-0.1, -0.05) is 30.3 Å². The number of methoxy groups -OCH3 is 1. The van der Waals surface area contributed by atoms with Crippen molar-refractivity contribution in [2.24, 2.45) is 0 Å². The minimum atomic E-state index is -0.255. The van der Waals surface area contributed by atoms with E-state index in [4.69, 9.17) is 21.1 Å². The Morgan fingerprint density at radius 1 is 1.35 bits per heavy atom. The van der Waals surface area contributed by atoms with Gasteiger partial charge >= 0.3 is 0 Å². The highest BCUT2D eigenvalue weighted by Gasteiger charge is 2.12. The summed E-state index contributed by atoms with van der Waals surface area (Å²) >= 11 is 6.07. The lowest BCUT2D eigenvalue weighted by atomic mass is 10.1. The van der Waals surface area contributed by atoms with E-state index in [1.54, 1.807) is 42.5 Å². The molecule has 120 valence electrons. The molecule has 0 heterocycles. The average molecular weight is 332 g/mol. The van der Waals surface area contributed by atoms with Crippen molar-refractivity contribution >= 4 is 23.2 Å². The number of hydrogen-bond acceptors (Lipinski definition) is 3. The molecule has 1 N–H and O–H groups in total. The van der Waals surface area contributed by atoms with Gasteiger partial charge in [0.2, 0.25) is 0 Å². The predicted octanol–water partition coefficient (Wildman–Crippen LogP) is 4.47. The summed E-state index contributed by atoms with van der Waals surface area (Å²) in [6, 6.07) is 10.4. The van der Waals surface area contributed by atoms with Gasteiger partial charge in [-0.3, -0.25) is 4.79 Å². The summed E-state index contributed by atoms with van der Waals surface area (Å²) in [7, 11) is 1.53. The third-order valence-electron chi connectivity index (χ3n) is 3.19. The van der Waals surface area contributed by atoms with Crippen LogP contribution in [0, 0.1) is 6.92 Å². The summed E-state index contributed by atoms with van der Waals surface area (Å²) < 4.78 is 10.7. The highest BCUT2D eigenvalue weighted by Crippen LogP contribution is 2.31. The number of carbonyl (C=O) groups excluding carboxylic acids is 1. The molecular weight excluding hydrogens is 314 g/mol. The number of carbonyl (C=O) groups is 1. The second kappa shape index (κ2) is 7.70. The minimum Gasteiger partial charge on any atom is -0.495 e. The number of hydrogen-bond donors (Lipinski definition) is 1. The molecule has 0 unspecified atom stereocenters. The second-order valence-corrected chi connectivity index (χ2v) is 5.29. The Hall–Kier alpha value is -2.46. The number of halogens is 1. The molecule has 1 amide bonds. The molecule has 0 aromatic heterocycles. The SMILES string of the molecule is C=CCOc1cccc(C(=O)Nc2cc(C)c(Cl)cc2OC)c1. The molecule has 2 aromatic rings. The molecule has 0 aliphatic carbocycles. The normalized spacial score (nSPS) is 10.0. The van der Waals surface area contributed by atoms with Crippen molar-refractivity contribution in [1.82, 2.24) is 0 Å². The topological polar surface area (TPSA) is 47.6 Å². The first-order valence-corrected chi connectivity index (χ1v) is 7.42. The molecular formula is C18H18ClNO3. The molecule has 4 nitrogen and oxygen atoms in total. The lowest BCUT2D eigenvalue weighted by Gasteiger charge is -2.13. The van der Waals surface area contributed by atoms with E-state index < -0.39 is 0 Å². The Labute approximate surface area is 140 Å². The maximum absolute atomic E-state index is 12.4. The first kappa shape index (κ1) is 16.9. The summed E-state index contributed by atoms with van der Waals surface area (Å²) in [6.07, 6.45) is 1.65. The van der Waals surface area contributed by atoms with Crippen LogP contribution in [-0.2, 0) is 0 Å². The van der Waals surface area contributed by atoms with E-state index in [9.17, 15) is 4.79 Å². The van der Waals surface area contributed by atoms with Gasteiger partial charge in [-0.15, -0.1) is 0 Å². The van der Waals surface area contributed by atoms with Gasteiger partial charge in [-0.2, -0.15) is 0 Å². The molecule has 23 heavy (non-hydrogen) atoms. The van der Waals surface area contributed by atoms with Crippen LogP contribution in [0.3, 0.4) is 0 Å². The molecule has 0 fully saturated rings. The van der Waals surface area contributed by atoms with Crippen LogP contribution in [-0.4, -0.2) is 19.6 Å². The zero-order valence-corrected chi connectivity index (χ0v) is 13.8. The Morgan fingerprint density at radius 3 is 2.83 bits per heavy atom. The van der Waals surface area contributed by atoms with E-state index in [0.717, 1.165) is 5.56 Å². The van der Waals surface area contributed by atoms with Gasteiger partial charge in [0.05, 0.1) is 12.8 Å². The molecule has 2 rings (SSSR count). The van der Waals surface area contributed by atoms with Gasteiger partial charge in [0, 0.05) is 16.7 Å². The van der Waals surface area contributed by atoms with Crippen molar-refractivity contribution < 1.29 is 14.3 Å². The van der Waals surface area contributed by atoms with Crippen LogP contribution < -0.4 is 14.8 Å². The number of rotatable bonds is 6. The Kier molecular flexibility index (Phi) is 5.66. The second-order valence-electron chi connectivity index (χ2n) is 4.88. The maximum atomic E-state index is 12.4. The van der Waals surface area contributed by atoms with E-state index in [0.29, 0.717) is 34.4 Å². The quantitative estimate of drug-likeness (QED) is 0.794. The lowest BCUT2D eigenvalue weighted by molar-refractivity contribution is 0.102. The number of aryl methyl sites for hydroxylation is 1. The average Bonchev–Trinajstić information content (AvgIpc) is 2.56. The van der Waals surface area contributed by atoms with E-state index in [1.807, 2.05) is 6.92 Å². The Morgan fingerprint density at radius 2 is 2.13 bits per heavy atom. The Balaban J connectivity index is 2.22. The standard InChI is InChI=1S/C18H18ClNO3/c1-4-8-23-14-7-5-6-13(10-14)18(21)20-16-9-12(2)15(19)11-17(16)22-3/h4-7,9-11H,1,8H2,2-3H3,(H,20,21). The van der Waals surface area contributed by atoms with Crippen molar-refractivity contribution in [1.29, 1.82) is 0 Å². The highest BCUT2D eigenvalue weighted by atomic mass is 35.5.